The van der Waals surface area contributed by atoms with E-state index in [9.17, 15) is 9.50 Å². The average Bonchev–Trinajstić information content (AvgIpc) is 2.57. The third-order valence-corrected chi connectivity index (χ3v) is 3.41. The van der Waals surface area contributed by atoms with Crippen LogP contribution in [-0.2, 0) is 6.42 Å². The molecule has 0 saturated heterocycles. The molecule has 1 aliphatic carbocycles. The highest BCUT2D eigenvalue weighted by Gasteiger charge is 2.25. The fourth-order valence-electron chi connectivity index (χ4n) is 2.43. The Morgan fingerprint density at radius 2 is 2.20 bits per heavy atom. The quantitative estimate of drug-likeness (QED) is 0.792. The van der Waals surface area contributed by atoms with Crippen molar-refractivity contribution in [3.05, 3.63) is 35.1 Å². The summed E-state index contributed by atoms with van der Waals surface area (Å²) < 4.78 is 12.9. The summed E-state index contributed by atoms with van der Waals surface area (Å²) in [5.41, 5.74) is 2.16. The molecular formula is C13H17FO. The first-order valence-electron chi connectivity index (χ1n) is 5.60. The van der Waals surface area contributed by atoms with Crippen LogP contribution in [0.5, 0.6) is 0 Å². The van der Waals surface area contributed by atoms with Crippen molar-refractivity contribution >= 4 is 0 Å². The van der Waals surface area contributed by atoms with Crippen LogP contribution in [0.25, 0.3) is 0 Å². The predicted octanol–water partition coefficient (Wildman–Crippen LogP) is 2.84. The van der Waals surface area contributed by atoms with Crippen molar-refractivity contribution in [2.24, 2.45) is 5.92 Å². The van der Waals surface area contributed by atoms with Crippen LogP contribution in [0.4, 0.5) is 4.39 Å². The molecule has 0 heterocycles. The Bertz CT molecular complexity index is 348. The lowest BCUT2D eigenvalue weighted by Gasteiger charge is -2.15. The largest absolute Gasteiger partial charge is 0.393 e. The maximum Gasteiger partial charge on any atom is 0.123 e. The summed E-state index contributed by atoms with van der Waals surface area (Å²) in [6.45, 7) is 1.93. The van der Waals surface area contributed by atoms with Gasteiger partial charge in [0, 0.05) is 0 Å². The molecule has 0 spiro atoms. The van der Waals surface area contributed by atoms with E-state index in [0.29, 0.717) is 5.92 Å². The lowest BCUT2D eigenvalue weighted by atomic mass is 9.93. The van der Waals surface area contributed by atoms with E-state index >= 15 is 0 Å². The van der Waals surface area contributed by atoms with Crippen molar-refractivity contribution in [2.75, 3.05) is 0 Å². The fourth-order valence-corrected chi connectivity index (χ4v) is 2.43. The zero-order chi connectivity index (χ0) is 10.8. The van der Waals surface area contributed by atoms with Crippen molar-refractivity contribution in [1.82, 2.24) is 0 Å². The monoisotopic (exact) mass is 208 g/mol. The molecule has 82 valence electrons. The van der Waals surface area contributed by atoms with E-state index in [-0.39, 0.29) is 11.9 Å². The lowest BCUT2D eigenvalue weighted by molar-refractivity contribution is 0.132. The van der Waals surface area contributed by atoms with Crippen molar-refractivity contribution in [3.8, 4) is 0 Å². The van der Waals surface area contributed by atoms with E-state index in [1.807, 2.05) is 13.0 Å². The number of halogens is 1. The lowest BCUT2D eigenvalue weighted by Crippen LogP contribution is -2.16. The molecule has 2 atom stereocenters. The van der Waals surface area contributed by atoms with Crippen LogP contribution >= 0.6 is 0 Å². The summed E-state index contributed by atoms with van der Waals surface area (Å²) in [7, 11) is 0. The van der Waals surface area contributed by atoms with Gasteiger partial charge in [-0.1, -0.05) is 12.5 Å². The van der Waals surface area contributed by atoms with Gasteiger partial charge in [0.05, 0.1) is 6.10 Å². The van der Waals surface area contributed by atoms with Crippen LogP contribution in [0, 0.1) is 18.7 Å². The second kappa shape index (κ2) is 4.31. The molecule has 1 nitrogen and oxygen atoms in total. The predicted molar refractivity (Wildman–Crippen MR) is 58.2 cm³/mol. The van der Waals surface area contributed by atoms with E-state index < -0.39 is 0 Å². The van der Waals surface area contributed by atoms with Gasteiger partial charge in [0.2, 0.25) is 0 Å². The van der Waals surface area contributed by atoms with Crippen molar-refractivity contribution in [2.45, 2.75) is 38.7 Å². The topological polar surface area (TPSA) is 20.2 Å². The Morgan fingerprint density at radius 3 is 2.80 bits per heavy atom. The van der Waals surface area contributed by atoms with E-state index in [1.165, 1.54) is 11.6 Å². The van der Waals surface area contributed by atoms with Crippen LogP contribution in [0.3, 0.4) is 0 Å². The van der Waals surface area contributed by atoms with Crippen molar-refractivity contribution < 1.29 is 9.50 Å². The van der Waals surface area contributed by atoms with Crippen LogP contribution in [0.1, 0.15) is 30.4 Å². The van der Waals surface area contributed by atoms with Gasteiger partial charge < -0.3 is 5.11 Å². The van der Waals surface area contributed by atoms with Gasteiger partial charge in [0.25, 0.3) is 0 Å². The maximum atomic E-state index is 12.9. The molecule has 2 heteroatoms. The van der Waals surface area contributed by atoms with E-state index in [4.69, 9.17) is 0 Å². The Kier molecular flexibility index (Phi) is 3.06. The van der Waals surface area contributed by atoms with E-state index in [2.05, 4.69) is 0 Å². The second-order valence-corrected chi connectivity index (χ2v) is 4.53. The average molecular weight is 208 g/mol. The molecule has 1 fully saturated rings. The number of aliphatic hydroxyl groups excluding tert-OH is 1. The molecule has 0 radical (unpaired) electrons. The highest BCUT2D eigenvalue weighted by Crippen LogP contribution is 2.29. The normalized spacial score (nSPS) is 25.8. The number of benzene rings is 1. The zero-order valence-electron chi connectivity index (χ0n) is 9.04. The van der Waals surface area contributed by atoms with Gasteiger partial charge >= 0.3 is 0 Å². The Morgan fingerprint density at radius 1 is 1.40 bits per heavy atom. The van der Waals surface area contributed by atoms with Gasteiger partial charge in [0.1, 0.15) is 5.82 Å². The standard InChI is InChI=1S/C13H17FO/c1-9-7-12(14)6-5-10(9)8-11-3-2-4-13(11)15/h5-7,11,13,15H,2-4,8H2,1H3. The molecule has 1 aromatic carbocycles. The van der Waals surface area contributed by atoms with Gasteiger partial charge in [-0.05, 0) is 55.4 Å². The molecule has 2 rings (SSSR count). The summed E-state index contributed by atoms with van der Waals surface area (Å²) in [6, 6.07) is 4.91. The summed E-state index contributed by atoms with van der Waals surface area (Å²) in [5, 5.41) is 9.72. The summed E-state index contributed by atoms with van der Waals surface area (Å²) in [4.78, 5) is 0. The van der Waals surface area contributed by atoms with Crippen LogP contribution in [-0.4, -0.2) is 11.2 Å². The Balaban J connectivity index is 2.10. The summed E-state index contributed by atoms with van der Waals surface area (Å²) >= 11 is 0. The van der Waals surface area contributed by atoms with Gasteiger partial charge in [-0.2, -0.15) is 0 Å². The fraction of sp³-hybridized carbons (Fsp3) is 0.538. The van der Waals surface area contributed by atoms with Crippen LogP contribution in [0.15, 0.2) is 18.2 Å². The van der Waals surface area contributed by atoms with Crippen LogP contribution < -0.4 is 0 Å². The first kappa shape index (κ1) is 10.6. The second-order valence-electron chi connectivity index (χ2n) is 4.53. The van der Waals surface area contributed by atoms with E-state index in [1.54, 1.807) is 6.07 Å². The SMILES string of the molecule is Cc1cc(F)ccc1CC1CCCC1O. The van der Waals surface area contributed by atoms with Crippen LogP contribution in [0.2, 0.25) is 0 Å². The maximum absolute atomic E-state index is 12.9. The van der Waals surface area contributed by atoms with Gasteiger partial charge in [-0.15, -0.1) is 0 Å². The molecular weight excluding hydrogens is 191 g/mol. The Hall–Kier alpha value is -0.890. The van der Waals surface area contributed by atoms with Crippen molar-refractivity contribution in [3.63, 3.8) is 0 Å². The van der Waals surface area contributed by atoms with Gasteiger partial charge in [-0.3, -0.25) is 0 Å². The molecule has 2 unspecified atom stereocenters. The molecule has 0 aromatic heterocycles. The molecule has 1 saturated carbocycles. The van der Waals surface area contributed by atoms with Crippen molar-refractivity contribution in [1.29, 1.82) is 0 Å². The minimum absolute atomic E-state index is 0.158. The highest BCUT2D eigenvalue weighted by atomic mass is 19.1. The molecule has 1 aromatic rings. The number of hydrogen-bond donors (Lipinski definition) is 1. The molecule has 0 aliphatic heterocycles. The number of aliphatic hydroxyl groups is 1. The van der Waals surface area contributed by atoms with Gasteiger partial charge in [0.15, 0.2) is 0 Å². The molecule has 0 amide bonds. The molecule has 1 N–H and O–H groups in total. The third kappa shape index (κ3) is 2.37. The number of rotatable bonds is 2. The molecule has 1 aliphatic rings. The number of aryl methyl sites for hydroxylation is 1. The summed E-state index contributed by atoms with van der Waals surface area (Å²) in [6.07, 6.45) is 3.86. The minimum Gasteiger partial charge on any atom is -0.393 e. The van der Waals surface area contributed by atoms with Gasteiger partial charge in [-0.25, -0.2) is 4.39 Å². The first-order valence-corrected chi connectivity index (χ1v) is 5.60. The minimum atomic E-state index is -0.178. The molecule has 0 bridgehead atoms. The first-order chi connectivity index (χ1) is 7.16. The third-order valence-electron chi connectivity index (χ3n) is 3.41. The highest BCUT2D eigenvalue weighted by molar-refractivity contribution is 5.27. The number of hydrogen-bond acceptors (Lipinski definition) is 1. The smallest absolute Gasteiger partial charge is 0.123 e. The summed E-state index contributed by atoms with van der Waals surface area (Å²) in [5.74, 6) is 0.192. The zero-order valence-corrected chi connectivity index (χ0v) is 9.04. The van der Waals surface area contributed by atoms with E-state index in [0.717, 1.165) is 31.2 Å². The Labute approximate surface area is 89.9 Å². The molecule has 15 heavy (non-hydrogen) atoms.